The fourth-order valence-electron chi connectivity index (χ4n) is 1.76. The Morgan fingerprint density at radius 1 is 1.43 bits per heavy atom. The van der Waals surface area contributed by atoms with Gasteiger partial charge in [0.05, 0.1) is 12.4 Å². The maximum atomic E-state index is 11.9. The van der Waals surface area contributed by atoms with Crippen LogP contribution in [0, 0.1) is 5.41 Å². The van der Waals surface area contributed by atoms with Gasteiger partial charge in [0, 0.05) is 12.6 Å². The highest BCUT2D eigenvalue weighted by molar-refractivity contribution is 5.92. The molecule has 6 nitrogen and oxygen atoms in total. The molecule has 1 amide bonds. The first-order valence-electron chi connectivity index (χ1n) is 6.85. The Morgan fingerprint density at radius 3 is 2.81 bits per heavy atom. The molecule has 0 aliphatic carbocycles. The predicted octanol–water partition coefficient (Wildman–Crippen LogP) is 2.46. The zero-order chi connectivity index (χ0) is 15.5. The summed E-state index contributed by atoms with van der Waals surface area (Å²) >= 11 is 0. The molecule has 0 aliphatic heterocycles. The lowest BCUT2D eigenvalue weighted by Gasteiger charge is -2.25. The van der Waals surface area contributed by atoms with Gasteiger partial charge in [0.25, 0.3) is 5.91 Å². The van der Waals surface area contributed by atoms with Crippen molar-refractivity contribution in [1.82, 2.24) is 10.5 Å². The van der Waals surface area contributed by atoms with Gasteiger partial charge in [-0.05, 0) is 24.0 Å². The summed E-state index contributed by atoms with van der Waals surface area (Å²) in [5.41, 5.74) is -0.0166. The lowest BCUT2D eigenvalue weighted by molar-refractivity contribution is 0.0550. The molecule has 2 heterocycles. The summed E-state index contributed by atoms with van der Waals surface area (Å²) in [6.45, 7) is 6.23. The lowest BCUT2D eigenvalue weighted by Crippen LogP contribution is -2.32. The van der Waals surface area contributed by atoms with Gasteiger partial charge in [0.15, 0.2) is 11.5 Å². The van der Waals surface area contributed by atoms with Gasteiger partial charge < -0.3 is 19.4 Å². The van der Waals surface area contributed by atoms with Crippen molar-refractivity contribution in [1.29, 1.82) is 0 Å². The van der Waals surface area contributed by atoms with Crippen LogP contribution in [0.15, 0.2) is 33.4 Å². The molecular formula is C15H20N2O4. The van der Waals surface area contributed by atoms with Gasteiger partial charge in [0.1, 0.15) is 0 Å². The van der Waals surface area contributed by atoms with E-state index in [9.17, 15) is 9.90 Å². The van der Waals surface area contributed by atoms with Crippen LogP contribution in [0.1, 0.15) is 37.7 Å². The third-order valence-electron chi connectivity index (χ3n) is 3.21. The van der Waals surface area contributed by atoms with Crippen molar-refractivity contribution in [2.75, 3.05) is 6.54 Å². The molecule has 6 heteroatoms. The molecule has 2 N–H and O–H groups in total. The van der Waals surface area contributed by atoms with Gasteiger partial charge >= 0.3 is 0 Å². The highest BCUT2D eigenvalue weighted by Gasteiger charge is 2.22. The third kappa shape index (κ3) is 3.95. The lowest BCUT2D eigenvalue weighted by atomic mass is 9.87. The van der Waals surface area contributed by atoms with E-state index in [0.717, 1.165) is 0 Å². The number of carbonyl (C=O) groups excluding carboxylic acids is 1. The molecule has 0 saturated carbocycles. The zero-order valence-electron chi connectivity index (χ0n) is 12.4. The highest BCUT2D eigenvalue weighted by Crippen LogP contribution is 2.22. The summed E-state index contributed by atoms with van der Waals surface area (Å²) in [7, 11) is 0. The molecule has 114 valence electrons. The molecule has 0 bridgehead atoms. The number of furan rings is 1. The van der Waals surface area contributed by atoms with Gasteiger partial charge in [-0.25, -0.2) is 0 Å². The molecule has 21 heavy (non-hydrogen) atoms. The first-order chi connectivity index (χ1) is 9.88. The Hall–Kier alpha value is -2.08. The smallest absolute Gasteiger partial charge is 0.273 e. The van der Waals surface area contributed by atoms with Gasteiger partial charge in [-0.15, -0.1) is 0 Å². The van der Waals surface area contributed by atoms with E-state index in [4.69, 9.17) is 8.94 Å². The average Bonchev–Trinajstić information content (AvgIpc) is 3.08. The number of aromatic nitrogens is 1. The highest BCUT2D eigenvalue weighted by atomic mass is 16.5. The molecule has 0 spiro atoms. The Balaban J connectivity index is 1.87. The van der Waals surface area contributed by atoms with Crippen LogP contribution < -0.4 is 5.32 Å². The van der Waals surface area contributed by atoms with Gasteiger partial charge in [-0.1, -0.05) is 25.9 Å². The number of hydrogen-bond acceptors (Lipinski definition) is 5. The number of rotatable bonds is 5. The van der Waals surface area contributed by atoms with E-state index in [-0.39, 0.29) is 17.0 Å². The summed E-state index contributed by atoms with van der Waals surface area (Å²) in [5, 5.41) is 16.3. The largest absolute Gasteiger partial charge is 0.461 e. The van der Waals surface area contributed by atoms with Crippen LogP contribution in [0.3, 0.4) is 0 Å². The van der Waals surface area contributed by atoms with Gasteiger partial charge in [0.2, 0.25) is 5.76 Å². The molecule has 0 aromatic carbocycles. The first kappa shape index (κ1) is 15.3. The fourth-order valence-corrected chi connectivity index (χ4v) is 1.76. The van der Waals surface area contributed by atoms with Gasteiger partial charge in [-0.2, -0.15) is 0 Å². The van der Waals surface area contributed by atoms with Crippen molar-refractivity contribution >= 4 is 5.91 Å². The number of hydrogen-bond donors (Lipinski definition) is 2. The van der Waals surface area contributed by atoms with Crippen LogP contribution >= 0.6 is 0 Å². The molecule has 1 unspecified atom stereocenters. The van der Waals surface area contributed by atoms with Crippen molar-refractivity contribution < 1.29 is 18.8 Å². The molecule has 0 radical (unpaired) electrons. The van der Waals surface area contributed by atoms with Crippen LogP contribution in [0.25, 0.3) is 11.5 Å². The van der Waals surface area contributed by atoms with E-state index < -0.39 is 6.10 Å². The fraction of sp³-hybridized carbons (Fsp3) is 0.467. The average molecular weight is 292 g/mol. The molecule has 2 aromatic heterocycles. The number of amides is 1. The first-order valence-corrected chi connectivity index (χ1v) is 6.85. The predicted molar refractivity (Wildman–Crippen MR) is 76.6 cm³/mol. The van der Waals surface area contributed by atoms with Crippen molar-refractivity contribution in [2.45, 2.75) is 33.3 Å². The monoisotopic (exact) mass is 292 g/mol. The summed E-state index contributed by atoms with van der Waals surface area (Å²) in [5.74, 6) is 0.585. The summed E-state index contributed by atoms with van der Waals surface area (Å²) in [6.07, 6.45) is 1.53. The SMILES string of the molecule is CC(C)(C)C(O)CCNC(=O)c1cc(-c2ccco2)on1. The van der Waals surface area contributed by atoms with Crippen molar-refractivity contribution in [3.8, 4) is 11.5 Å². The number of nitrogens with one attached hydrogen (secondary N) is 1. The number of aliphatic hydroxyl groups is 1. The molecule has 0 fully saturated rings. The van der Waals surface area contributed by atoms with Gasteiger partial charge in [-0.3, -0.25) is 4.79 Å². The topological polar surface area (TPSA) is 88.5 Å². The molecule has 0 saturated heterocycles. The molecule has 2 rings (SSSR count). The molecular weight excluding hydrogens is 272 g/mol. The molecule has 2 aromatic rings. The van der Waals surface area contributed by atoms with Crippen molar-refractivity contribution in [3.05, 3.63) is 30.2 Å². The third-order valence-corrected chi connectivity index (χ3v) is 3.21. The number of carbonyl (C=O) groups is 1. The Kier molecular flexibility index (Phi) is 4.47. The van der Waals surface area contributed by atoms with E-state index in [1.807, 2.05) is 20.8 Å². The Labute approximate surface area is 123 Å². The molecule has 0 aliphatic rings. The van der Waals surface area contributed by atoms with E-state index >= 15 is 0 Å². The normalized spacial score (nSPS) is 13.1. The summed E-state index contributed by atoms with van der Waals surface area (Å²) < 4.78 is 10.2. The van der Waals surface area contributed by atoms with E-state index in [2.05, 4.69) is 10.5 Å². The van der Waals surface area contributed by atoms with Crippen LogP contribution in [0.4, 0.5) is 0 Å². The van der Waals surface area contributed by atoms with E-state index in [0.29, 0.717) is 24.5 Å². The van der Waals surface area contributed by atoms with Crippen molar-refractivity contribution in [3.63, 3.8) is 0 Å². The van der Waals surface area contributed by atoms with Crippen LogP contribution in [-0.4, -0.2) is 28.8 Å². The maximum absolute atomic E-state index is 11.9. The van der Waals surface area contributed by atoms with E-state index in [1.54, 1.807) is 12.1 Å². The minimum atomic E-state index is -0.478. The number of nitrogens with zero attached hydrogens (tertiary/aromatic N) is 1. The second kappa shape index (κ2) is 6.13. The zero-order valence-corrected chi connectivity index (χ0v) is 12.4. The summed E-state index contributed by atoms with van der Waals surface area (Å²) in [4.78, 5) is 11.9. The van der Waals surface area contributed by atoms with Crippen LogP contribution in [0.2, 0.25) is 0 Å². The summed E-state index contributed by atoms with van der Waals surface area (Å²) in [6, 6.07) is 4.97. The standard InChI is InChI=1S/C15H20N2O4/c1-15(2,3)13(18)6-7-16-14(19)10-9-12(21-17-10)11-5-4-8-20-11/h4-5,8-9,13,18H,6-7H2,1-3H3,(H,16,19). The molecule has 1 atom stereocenters. The maximum Gasteiger partial charge on any atom is 0.273 e. The second-order valence-corrected chi connectivity index (χ2v) is 5.98. The quantitative estimate of drug-likeness (QED) is 0.883. The number of aliphatic hydroxyl groups excluding tert-OH is 1. The second-order valence-electron chi connectivity index (χ2n) is 5.98. The van der Waals surface area contributed by atoms with Crippen LogP contribution in [-0.2, 0) is 0 Å². The van der Waals surface area contributed by atoms with Crippen LogP contribution in [0.5, 0.6) is 0 Å². The van der Waals surface area contributed by atoms with E-state index in [1.165, 1.54) is 12.3 Å². The van der Waals surface area contributed by atoms with Crippen molar-refractivity contribution in [2.24, 2.45) is 5.41 Å². The Bertz CT molecular complexity index is 581. The minimum Gasteiger partial charge on any atom is -0.461 e. The minimum absolute atomic E-state index is 0.187. The Morgan fingerprint density at radius 2 is 2.19 bits per heavy atom.